The quantitative estimate of drug-likeness (QED) is 0.511. The van der Waals surface area contributed by atoms with Crippen LogP contribution in [0.25, 0.3) is 0 Å². The lowest BCUT2D eigenvalue weighted by molar-refractivity contribution is 0.0955. The van der Waals surface area contributed by atoms with Gasteiger partial charge in [-0.3, -0.25) is 9.52 Å². The molecule has 2 N–H and O–H groups in total. The maximum atomic E-state index is 12.1. The molecule has 9 heteroatoms. The van der Waals surface area contributed by atoms with E-state index in [9.17, 15) is 13.2 Å². The Hall–Kier alpha value is -2.91. The molecule has 3 rings (SSSR count). The van der Waals surface area contributed by atoms with E-state index in [-0.39, 0.29) is 4.21 Å². The summed E-state index contributed by atoms with van der Waals surface area (Å²) in [5.41, 5.74) is 3.07. The van der Waals surface area contributed by atoms with Gasteiger partial charge in [-0.1, -0.05) is 6.07 Å². The molecule has 3 aromatic rings. The van der Waals surface area contributed by atoms with Crippen molar-refractivity contribution in [1.29, 1.82) is 0 Å². The molecule has 0 aliphatic heterocycles. The van der Waals surface area contributed by atoms with Crippen LogP contribution in [0.4, 0.5) is 5.69 Å². The zero-order chi connectivity index (χ0) is 17.7. The first-order valence-electron chi connectivity index (χ1n) is 7.08. The fourth-order valence-electron chi connectivity index (χ4n) is 1.90. The molecule has 0 saturated heterocycles. The van der Waals surface area contributed by atoms with Gasteiger partial charge in [0.2, 0.25) is 0 Å². The van der Waals surface area contributed by atoms with E-state index in [0.29, 0.717) is 17.0 Å². The SMILES string of the molecule is O=C(N/N=C\c1ccco1)c1ccc(NS(=O)(=O)c2cccs2)cc1. The number of benzene rings is 1. The van der Waals surface area contributed by atoms with Gasteiger partial charge in [0.1, 0.15) is 9.97 Å². The summed E-state index contributed by atoms with van der Waals surface area (Å²) in [4.78, 5) is 12.0. The summed E-state index contributed by atoms with van der Waals surface area (Å²) in [6.07, 6.45) is 2.88. The number of nitrogens with zero attached hydrogens (tertiary/aromatic N) is 1. The first-order valence-corrected chi connectivity index (χ1v) is 9.44. The Morgan fingerprint density at radius 2 is 1.92 bits per heavy atom. The Kier molecular flexibility index (Phi) is 4.96. The molecule has 25 heavy (non-hydrogen) atoms. The summed E-state index contributed by atoms with van der Waals surface area (Å²) in [5.74, 6) is 0.0918. The number of sulfonamides is 1. The largest absolute Gasteiger partial charge is 0.463 e. The molecular weight excluding hydrogens is 362 g/mol. The monoisotopic (exact) mass is 375 g/mol. The Bertz CT molecular complexity index is 961. The molecule has 0 aliphatic rings. The number of nitrogens with one attached hydrogen (secondary N) is 2. The Balaban J connectivity index is 1.63. The topological polar surface area (TPSA) is 101 Å². The van der Waals surface area contributed by atoms with Crippen molar-refractivity contribution in [2.45, 2.75) is 4.21 Å². The molecule has 2 aromatic heterocycles. The molecule has 128 valence electrons. The average Bonchev–Trinajstić information content (AvgIpc) is 3.29. The molecular formula is C16H13N3O4S2. The highest BCUT2D eigenvalue weighted by Crippen LogP contribution is 2.20. The molecule has 1 amide bonds. The smallest absolute Gasteiger partial charge is 0.271 e. The minimum Gasteiger partial charge on any atom is -0.463 e. The predicted octanol–water partition coefficient (Wildman–Crippen LogP) is 2.91. The van der Waals surface area contributed by atoms with Gasteiger partial charge in [0.15, 0.2) is 0 Å². The number of furan rings is 1. The predicted molar refractivity (Wildman–Crippen MR) is 95.3 cm³/mol. The van der Waals surface area contributed by atoms with E-state index in [1.807, 2.05) is 0 Å². The van der Waals surface area contributed by atoms with Gasteiger partial charge in [0, 0.05) is 11.3 Å². The first kappa shape index (κ1) is 16.9. The van der Waals surface area contributed by atoms with Crippen LogP contribution in [0.3, 0.4) is 0 Å². The number of hydrogen-bond donors (Lipinski definition) is 2. The average molecular weight is 375 g/mol. The number of amides is 1. The zero-order valence-electron chi connectivity index (χ0n) is 12.7. The number of carbonyl (C=O) groups is 1. The van der Waals surface area contributed by atoms with Crippen molar-refractivity contribution in [2.24, 2.45) is 5.10 Å². The summed E-state index contributed by atoms with van der Waals surface area (Å²) in [5, 5.41) is 5.46. The van der Waals surface area contributed by atoms with E-state index in [1.54, 1.807) is 23.6 Å². The van der Waals surface area contributed by atoms with Crippen molar-refractivity contribution in [1.82, 2.24) is 5.43 Å². The second-order valence-corrected chi connectivity index (χ2v) is 7.69. The van der Waals surface area contributed by atoms with E-state index >= 15 is 0 Å². The van der Waals surface area contributed by atoms with E-state index in [1.165, 1.54) is 42.8 Å². The van der Waals surface area contributed by atoms with Crippen LogP contribution in [-0.4, -0.2) is 20.5 Å². The lowest BCUT2D eigenvalue weighted by Gasteiger charge is -2.07. The van der Waals surface area contributed by atoms with Crippen LogP contribution in [0.1, 0.15) is 16.1 Å². The van der Waals surface area contributed by atoms with Crippen molar-refractivity contribution >= 4 is 39.2 Å². The first-order chi connectivity index (χ1) is 12.0. The van der Waals surface area contributed by atoms with Crippen LogP contribution >= 0.6 is 11.3 Å². The minimum atomic E-state index is -3.61. The molecule has 1 aromatic carbocycles. The number of carbonyl (C=O) groups excluding carboxylic acids is 1. The second kappa shape index (κ2) is 7.32. The van der Waals surface area contributed by atoms with E-state index in [2.05, 4.69) is 15.2 Å². The molecule has 0 saturated carbocycles. The van der Waals surface area contributed by atoms with E-state index in [0.717, 1.165) is 11.3 Å². The molecule has 0 radical (unpaired) electrons. The number of hydrazone groups is 1. The Morgan fingerprint density at radius 3 is 2.56 bits per heavy atom. The summed E-state index contributed by atoms with van der Waals surface area (Å²) in [6, 6.07) is 12.6. The summed E-state index contributed by atoms with van der Waals surface area (Å²) in [6.45, 7) is 0. The maximum absolute atomic E-state index is 12.1. The molecule has 2 heterocycles. The number of anilines is 1. The van der Waals surface area contributed by atoms with Crippen LogP contribution in [0, 0.1) is 0 Å². The van der Waals surface area contributed by atoms with Crippen molar-refractivity contribution in [2.75, 3.05) is 4.72 Å². The van der Waals surface area contributed by atoms with Crippen molar-refractivity contribution in [3.8, 4) is 0 Å². The molecule has 0 atom stereocenters. The zero-order valence-corrected chi connectivity index (χ0v) is 14.4. The van der Waals surface area contributed by atoms with Crippen LogP contribution < -0.4 is 10.1 Å². The van der Waals surface area contributed by atoms with Crippen LogP contribution in [-0.2, 0) is 10.0 Å². The number of thiophene rings is 1. The van der Waals surface area contributed by atoms with Crippen LogP contribution in [0.15, 0.2) is 73.9 Å². The van der Waals surface area contributed by atoms with Crippen molar-refractivity contribution < 1.29 is 17.6 Å². The fourth-order valence-corrected chi connectivity index (χ4v) is 3.95. The van der Waals surface area contributed by atoms with Gasteiger partial charge in [-0.25, -0.2) is 13.8 Å². The highest BCUT2D eigenvalue weighted by atomic mass is 32.2. The van der Waals surface area contributed by atoms with E-state index in [4.69, 9.17) is 4.42 Å². The Labute approximate surface area is 148 Å². The van der Waals surface area contributed by atoms with Crippen molar-refractivity contribution in [3.05, 3.63) is 71.5 Å². The number of rotatable bonds is 6. The minimum absolute atomic E-state index is 0.224. The third kappa shape index (κ3) is 4.34. The molecule has 0 bridgehead atoms. The van der Waals surface area contributed by atoms with Crippen LogP contribution in [0.5, 0.6) is 0 Å². The summed E-state index contributed by atoms with van der Waals surface area (Å²) >= 11 is 1.13. The Morgan fingerprint density at radius 1 is 1.12 bits per heavy atom. The van der Waals surface area contributed by atoms with E-state index < -0.39 is 15.9 Å². The van der Waals surface area contributed by atoms with Gasteiger partial charge >= 0.3 is 0 Å². The van der Waals surface area contributed by atoms with Gasteiger partial charge in [0.25, 0.3) is 15.9 Å². The van der Waals surface area contributed by atoms with Gasteiger partial charge in [0.05, 0.1) is 12.5 Å². The molecule has 0 spiro atoms. The lowest BCUT2D eigenvalue weighted by atomic mass is 10.2. The normalized spacial score (nSPS) is 11.5. The van der Waals surface area contributed by atoms with Gasteiger partial charge < -0.3 is 4.42 Å². The third-order valence-electron chi connectivity index (χ3n) is 3.06. The standard InChI is InChI=1S/C16H13N3O4S2/c20-16(18-17-11-14-3-1-9-23-14)12-5-7-13(8-6-12)19-25(21,22)15-4-2-10-24-15/h1-11,19H,(H,18,20)/b17-11-. The number of hydrogen-bond acceptors (Lipinski definition) is 6. The van der Waals surface area contributed by atoms with Crippen LogP contribution in [0.2, 0.25) is 0 Å². The molecule has 0 unspecified atom stereocenters. The highest BCUT2D eigenvalue weighted by Gasteiger charge is 2.15. The maximum Gasteiger partial charge on any atom is 0.271 e. The molecule has 0 aliphatic carbocycles. The summed E-state index contributed by atoms with van der Waals surface area (Å²) in [7, 11) is -3.61. The van der Waals surface area contributed by atoms with Gasteiger partial charge in [-0.15, -0.1) is 11.3 Å². The lowest BCUT2D eigenvalue weighted by Crippen LogP contribution is -2.17. The highest BCUT2D eigenvalue weighted by molar-refractivity contribution is 7.94. The third-order valence-corrected chi connectivity index (χ3v) is 5.84. The molecule has 7 nitrogen and oxygen atoms in total. The second-order valence-electron chi connectivity index (χ2n) is 4.83. The molecule has 0 fully saturated rings. The summed E-state index contributed by atoms with van der Waals surface area (Å²) < 4.78 is 32.0. The van der Waals surface area contributed by atoms with Crippen molar-refractivity contribution in [3.63, 3.8) is 0 Å². The van der Waals surface area contributed by atoms with Gasteiger partial charge in [-0.05, 0) is 47.8 Å². The fraction of sp³-hybridized carbons (Fsp3) is 0. The van der Waals surface area contributed by atoms with Gasteiger partial charge in [-0.2, -0.15) is 5.10 Å².